The van der Waals surface area contributed by atoms with E-state index in [2.05, 4.69) is 15.0 Å². The van der Waals surface area contributed by atoms with Crippen LogP contribution in [0, 0.1) is 0 Å². The van der Waals surface area contributed by atoms with Crippen molar-refractivity contribution < 1.29 is 4.74 Å². The number of imidazole rings is 1. The summed E-state index contributed by atoms with van der Waals surface area (Å²) in [5, 5.41) is 3.08. The third-order valence-corrected chi connectivity index (χ3v) is 3.48. The van der Waals surface area contributed by atoms with Gasteiger partial charge in [-0.2, -0.15) is 0 Å². The minimum absolute atomic E-state index is 0.643. The van der Waals surface area contributed by atoms with E-state index in [9.17, 15) is 0 Å². The van der Waals surface area contributed by atoms with E-state index in [1.54, 1.807) is 24.6 Å². The number of rotatable bonds is 4. The van der Waals surface area contributed by atoms with Gasteiger partial charge in [-0.3, -0.25) is 0 Å². The van der Waals surface area contributed by atoms with Gasteiger partial charge in [0, 0.05) is 37.6 Å². The van der Waals surface area contributed by atoms with Crippen molar-refractivity contribution >= 4 is 21.6 Å². The van der Waals surface area contributed by atoms with Crippen LogP contribution in [-0.4, -0.2) is 33.2 Å². The third-order valence-electron chi connectivity index (χ3n) is 2.66. The zero-order valence-corrected chi connectivity index (χ0v) is 10.7. The molecule has 0 saturated carbocycles. The number of hydrogen-bond acceptors (Lipinski definition) is 5. The maximum absolute atomic E-state index is 5.08. The highest BCUT2D eigenvalue weighted by atomic mass is 32.1. The molecule has 0 atom stereocenters. The van der Waals surface area contributed by atoms with Crippen molar-refractivity contribution in [3.63, 3.8) is 0 Å². The van der Waals surface area contributed by atoms with Gasteiger partial charge in [0.15, 0.2) is 11.6 Å². The highest BCUT2D eigenvalue weighted by molar-refractivity contribution is 7.16. The third kappa shape index (κ3) is 2.00. The fourth-order valence-electron chi connectivity index (χ4n) is 1.75. The quantitative estimate of drug-likeness (QED) is 0.721. The predicted octanol–water partition coefficient (Wildman–Crippen LogP) is 2.20. The highest BCUT2D eigenvalue weighted by Crippen LogP contribution is 2.21. The molecule has 3 heterocycles. The van der Waals surface area contributed by atoms with Gasteiger partial charge >= 0.3 is 0 Å². The van der Waals surface area contributed by atoms with Crippen molar-refractivity contribution in [1.82, 2.24) is 19.5 Å². The predicted molar refractivity (Wildman–Crippen MR) is 70.5 cm³/mol. The standard InChI is InChI=1S/C12H12N4OS/c1-17-6-5-16-4-3-13-11(16)10-14-8-9-2-7-18-12(9)15-10/h2-4,7-8H,5-6H2,1H3. The zero-order chi connectivity index (χ0) is 12.4. The van der Waals surface area contributed by atoms with Gasteiger partial charge < -0.3 is 9.30 Å². The summed E-state index contributed by atoms with van der Waals surface area (Å²) < 4.78 is 7.07. The highest BCUT2D eigenvalue weighted by Gasteiger charge is 2.10. The van der Waals surface area contributed by atoms with Crippen molar-refractivity contribution in [3.8, 4) is 11.6 Å². The van der Waals surface area contributed by atoms with Gasteiger partial charge in [0.1, 0.15) is 4.83 Å². The van der Waals surface area contributed by atoms with Gasteiger partial charge in [-0.15, -0.1) is 11.3 Å². The molecule has 0 N–H and O–H groups in total. The van der Waals surface area contributed by atoms with Gasteiger partial charge in [-0.25, -0.2) is 15.0 Å². The van der Waals surface area contributed by atoms with Crippen LogP contribution in [0.15, 0.2) is 30.0 Å². The van der Waals surface area contributed by atoms with E-state index < -0.39 is 0 Å². The summed E-state index contributed by atoms with van der Waals surface area (Å²) in [6.45, 7) is 1.39. The molecule has 0 aromatic carbocycles. The van der Waals surface area contributed by atoms with Gasteiger partial charge in [0.05, 0.1) is 6.61 Å². The Kier molecular flexibility index (Phi) is 3.04. The minimum Gasteiger partial charge on any atom is -0.383 e. The second kappa shape index (κ2) is 4.83. The van der Waals surface area contributed by atoms with E-state index in [4.69, 9.17) is 4.74 Å². The Morgan fingerprint density at radius 3 is 3.22 bits per heavy atom. The van der Waals surface area contributed by atoms with Crippen molar-refractivity contribution in [2.24, 2.45) is 0 Å². The van der Waals surface area contributed by atoms with Gasteiger partial charge in [-0.05, 0) is 11.4 Å². The molecule has 3 rings (SSSR count). The Labute approximate surface area is 108 Å². The molecule has 5 nitrogen and oxygen atoms in total. The molecule has 0 spiro atoms. The van der Waals surface area contributed by atoms with E-state index in [0.717, 1.165) is 22.6 Å². The second-order valence-electron chi connectivity index (χ2n) is 3.81. The van der Waals surface area contributed by atoms with E-state index in [1.165, 1.54) is 0 Å². The van der Waals surface area contributed by atoms with Crippen LogP contribution >= 0.6 is 11.3 Å². The number of thiophene rings is 1. The summed E-state index contributed by atoms with van der Waals surface area (Å²) in [6, 6.07) is 2.02. The summed E-state index contributed by atoms with van der Waals surface area (Å²) in [4.78, 5) is 14.2. The maximum atomic E-state index is 5.08. The number of nitrogens with zero attached hydrogens (tertiary/aromatic N) is 4. The molecule has 0 unspecified atom stereocenters. The first kappa shape index (κ1) is 11.3. The molecule has 0 fully saturated rings. The number of methoxy groups -OCH3 is 1. The van der Waals surface area contributed by atoms with Crippen LogP contribution < -0.4 is 0 Å². The molecule has 0 aliphatic carbocycles. The molecule has 0 amide bonds. The van der Waals surface area contributed by atoms with E-state index >= 15 is 0 Å². The monoisotopic (exact) mass is 260 g/mol. The molecular weight excluding hydrogens is 248 g/mol. The first-order valence-corrected chi connectivity index (χ1v) is 6.47. The Morgan fingerprint density at radius 2 is 2.33 bits per heavy atom. The maximum Gasteiger partial charge on any atom is 0.197 e. The second-order valence-corrected chi connectivity index (χ2v) is 4.71. The van der Waals surface area contributed by atoms with Gasteiger partial charge in [-0.1, -0.05) is 0 Å². The van der Waals surface area contributed by atoms with Crippen LogP contribution in [0.1, 0.15) is 0 Å². The molecular formula is C12H12N4OS. The first-order valence-electron chi connectivity index (χ1n) is 5.59. The van der Waals surface area contributed by atoms with Crippen molar-refractivity contribution in [2.45, 2.75) is 6.54 Å². The molecule has 3 aromatic rings. The molecule has 18 heavy (non-hydrogen) atoms. The lowest BCUT2D eigenvalue weighted by atomic mass is 10.4. The van der Waals surface area contributed by atoms with Crippen molar-refractivity contribution in [1.29, 1.82) is 0 Å². The van der Waals surface area contributed by atoms with Crippen LogP contribution in [0.3, 0.4) is 0 Å². The Bertz CT molecular complexity index is 661. The summed E-state index contributed by atoms with van der Waals surface area (Å²) in [5.74, 6) is 1.44. The summed E-state index contributed by atoms with van der Waals surface area (Å²) in [5.41, 5.74) is 0. The van der Waals surface area contributed by atoms with Crippen molar-refractivity contribution in [2.75, 3.05) is 13.7 Å². The van der Waals surface area contributed by atoms with Gasteiger partial charge in [0.2, 0.25) is 0 Å². The van der Waals surface area contributed by atoms with Crippen LogP contribution in [0.4, 0.5) is 0 Å². The number of aromatic nitrogens is 4. The molecule has 3 aromatic heterocycles. The number of hydrogen-bond donors (Lipinski definition) is 0. The largest absolute Gasteiger partial charge is 0.383 e. The van der Waals surface area contributed by atoms with Crippen LogP contribution in [0.2, 0.25) is 0 Å². The minimum atomic E-state index is 0.643. The lowest BCUT2D eigenvalue weighted by molar-refractivity contribution is 0.187. The lowest BCUT2D eigenvalue weighted by Crippen LogP contribution is -2.06. The summed E-state index contributed by atoms with van der Waals surface area (Å²) in [7, 11) is 1.69. The Hall–Kier alpha value is -1.79. The fourth-order valence-corrected chi connectivity index (χ4v) is 2.49. The summed E-state index contributed by atoms with van der Waals surface area (Å²) >= 11 is 1.61. The first-order chi connectivity index (χ1) is 8.88. The molecule has 0 radical (unpaired) electrons. The smallest absolute Gasteiger partial charge is 0.197 e. The van der Waals surface area contributed by atoms with E-state index in [-0.39, 0.29) is 0 Å². The number of fused-ring (bicyclic) bond motifs is 1. The SMILES string of the molecule is COCCn1ccnc1-c1ncc2ccsc2n1. The molecule has 0 bridgehead atoms. The van der Waals surface area contributed by atoms with Crippen LogP contribution in [-0.2, 0) is 11.3 Å². The van der Waals surface area contributed by atoms with Crippen LogP contribution in [0.5, 0.6) is 0 Å². The molecule has 6 heteroatoms. The van der Waals surface area contributed by atoms with E-state index in [1.807, 2.05) is 28.4 Å². The molecule has 92 valence electrons. The normalized spacial score (nSPS) is 11.2. The Morgan fingerprint density at radius 1 is 1.39 bits per heavy atom. The Balaban J connectivity index is 2.00. The average Bonchev–Trinajstić information content (AvgIpc) is 3.03. The molecule has 0 aliphatic rings. The molecule has 0 aliphatic heterocycles. The summed E-state index contributed by atoms with van der Waals surface area (Å²) in [6.07, 6.45) is 5.51. The van der Waals surface area contributed by atoms with Crippen LogP contribution in [0.25, 0.3) is 21.9 Å². The van der Waals surface area contributed by atoms with Crippen molar-refractivity contribution in [3.05, 3.63) is 30.0 Å². The topological polar surface area (TPSA) is 52.8 Å². The van der Waals surface area contributed by atoms with Gasteiger partial charge in [0.25, 0.3) is 0 Å². The molecule has 0 saturated heterocycles. The average molecular weight is 260 g/mol. The van der Waals surface area contributed by atoms with E-state index in [0.29, 0.717) is 12.4 Å². The fraction of sp³-hybridized carbons (Fsp3) is 0.250. The zero-order valence-electron chi connectivity index (χ0n) is 9.91. The number of ether oxygens (including phenoxy) is 1. The lowest BCUT2D eigenvalue weighted by Gasteiger charge is -2.05.